The molecule has 3 atom stereocenters. The van der Waals surface area contributed by atoms with Crippen molar-refractivity contribution in [1.29, 1.82) is 0 Å². The number of carboxylic acids is 1. The largest absolute Gasteiger partial charge is 0.478 e. The number of aromatic carboxylic acids is 1. The van der Waals surface area contributed by atoms with Crippen molar-refractivity contribution in [2.75, 3.05) is 0 Å². The van der Waals surface area contributed by atoms with Gasteiger partial charge in [0.05, 0.1) is 11.6 Å². The van der Waals surface area contributed by atoms with Crippen molar-refractivity contribution in [3.63, 3.8) is 0 Å². The lowest BCUT2D eigenvalue weighted by atomic mass is 9.95. The summed E-state index contributed by atoms with van der Waals surface area (Å²) in [7, 11) is 0. The van der Waals surface area contributed by atoms with Crippen molar-refractivity contribution in [3.05, 3.63) is 83.4 Å². The number of hydrogen-bond acceptors (Lipinski definition) is 2. The van der Waals surface area contributed by atoms with Gasteiger partial charge < -0.3 is 5.11 Å². The van der Waals surface area contributed by atoms with E-state index in [2.05, 4.69) is 55.6 Å². The zero-order chi connectivity index (χ0) is 19.5. The Kier molecular flexibility index (Phi) is 5.25. The standard InChI is InChI=1S/C25H25NO2/c1-17(23-8-4-6-20-5-2-3-7-24(20)23)26-16-18-9-10-22(15-18)19-11-13-21(14-12-19)25(27)28/h2-8,11-14,16-18,22H,9-10,15H2,1H3,(H,27,28)/t17-,18?,22+/m1/s1. The predicted molar refractivity (Wildman–Crippen MR) is 114 cm³/mol. The maximum Gasteiger partial charge on any atom is 0.335 e. The van der Waals surface area contributed by atoms with E-state index in [1.165, 1.54) is 21.9 Å². The molecule has 1 aliphatic carbocycles. The van der Waals surface area contributed by atoms with Gasteiger partial charge in [-0.05, 0) is 72.1 Å². The van der Waals surface area contributed by atoms with Crippen LogP contribution in [0.1, 0.15) is 59.6 Å². The van der Waals surface area contributed by atoms with Crippen molar-refractivity contribution in [1.82, 2.24) is 0 Å². The molecule has 3 heteroatoms. The Morgan fingerprint density at radius 2 is 1.79 bits per heavy atom. The fourth-order valence-corrected chi connectivity index (χ4v) is 4.30. The van der Waals surface area contributed by atoms with E-state index in [9.17, 15) is 4.79 Å². The molecule has 0 aliphatic heterocycles. The summed E-state index contributed by atoms with van der Waals surface area (Å²) in [5.74, 6) is 0.110. The normalized spacial score (nSPS) is 20.6. The van der Waals surface area contributed by atoms with Gasteiger partial charge in [0, 0.05) is 6.21 Å². The second kappa shape index (κ2) is 7.97. The molecule has 1 fully saturated rings. The lowest BCUT2D eigenvalue weighted by Crippen LogP contribution is -2.01. The van der Waals surface area contributed by atoms with Gasteiger partial charge in [-0.25, -0.2) is 4.79 Å². The monoisotopic (exact) mass is 371 g/mol. The van der Waals surface area contributed by atoms with Crippen molar-refractivity contribution >= 4 is 23.0 Å². The zero-order valence-electron chi connectivity index (χ0n) is 16.1. The highest BCUT2D eigenvalue weighted by Crippen LogP contribution is 2.38. The fraction of sp³-hybridized carbons (Fsp3) is 0.280. The molecule has 0 heterocycles. The van der Waals surface area contributed by atoms with Crippen LogP contribution in [0, 0.1) is 5.92 Å². The highest BCUT2D eigenvalue weighted by Gasteiger charge is 2.25. The Morgan fingerprint density at radius 1 is 1.04 bits per heavy atom. The molecule has 1 saturated carbocycles. The van der Waals surface area contributed by atoms with Crippen LogP contribution in [0.4, 0.5) is 0 Å². The summed E-state index contributed by atoms with van der Waals surface area (Å²) in [6.07, 6.45) is 5.50. The summed E-state index contributed by atoms with van der Waals surface area (Å²) in [6.45, 7) is 2.16. The average Bonchev–Trinajstić information content (AvgIpc) is 3.20. The number of nitrogens with zero attached hydrogens (tertiary/aromatic N) is 1. The Balaban J connectivity index is 1.43. The molecule has 4 rings (SSSR count). The summed E-state index contributed by atoms with van der Waals surface area (Å²) in [5.41, 5.74) is 2.86. The van der Waals surface area contributed by atoms with E-state index in [1.807, 2.05) is 12.1 Å². The van der Waals surface area contributed by atoms with E-state index in [1.54, 1.807) is 12.1 Å². The molecule has 3 nitrogen and oxygen atoms in total. The molecule has 1 N–H and O–H groups in total. The van der Waals surface area contributed by atoms with Crippen LogP contribution >= 0.6 is 0 Å². The van der Waals surface area contributed by atoms with E-state index in [0.717, 1.165) is 19.3 Å². The van der Waals surface area contributed by atoms with Gasteiger partial charge in [-0.15, -0.1) is 0 Å². The molecule has 28 heavy (non-hydrogen) atoms. The summed E-state index contributed by atoms with van der Waals surface area (Å²) in [5, 5.41) is 11.6. The third-order valence-corrected chi connectivity index (χ3v) is 5.90. The van der Waals surface area contributed by atoms with Crippen molar-refractivity contribution in [2.45, 2.75) is 38.1 Å². The maximum absolute atomic E-state index is 11.0. The van der Waals surface area contributed by atoms with Crippen molar-refractivity contribution in [3.8, 4) is 0 Å². The van der Waals surface area contributed by atoms with Crippen molar-refractivity contribution in [2.24, 2.45) is 10.9 Å². The van der Waals surface area contributed by atoms with Gasteiger partial charge in [0.1, 0.15) is 0 Å². The molecule has 0 aromatic heterocycles. The first-order chi connectivity index (χ1) is 13.6. The minimum Gasteiger partial charge on any atom is -0.478 e. The van der Waals surface area contributed by atoms with Crippen LogP contribution in [0.25, 0.3) is 10.8 Å². The molecule has 3 aromatic rings. The molecule has 142 valence electrons. The van der Waals surface area contributed by atoms with Crippen LogP contribution in [0.5, 0.6) is 0 Å². The molecule has 1 aliphatic rings. The molecule has 0 spiro atoms. The SMILES string of the molecule is C[C@@H](N=CC1CC[C@H](c2ccc(C(=O)O)cc2)C1)c1cccc2ccccc12. The van der Waals surface area contributed by atoms with Gasteiger partial charge in [-0.2, -0.15) is 0 Å². The van der Waals surface area contributed by atoms with Crippen molar-refractivity contribution < 1.29 is 9.90 Å². The van der Waals surface area contributed by atoms with Crippen LogP contribution in [0.15, 0.2) is 71.7 Å². The maximum atomic E-state index is 11.0. The molecule has 0 radical (unpaired) electrons. The summed E-state index contributed by atoms with van der Waals surface area (Å²) in [6, 6.07) is 22.4. The first kappa shape index (κ1) is 18.4. The lowest BCUT2D eigenvalue weighted by Gasteiger charge is -2.12. The van der Waals surface area contributed by atoms with E-state index >= 15 is 0 Å². The van der Waals surface area contributed by atoms with Crippen LogP contribution in [0.3, 0.4) is 0 Å². The molecule has 0 bridgehead atoms. The van der Waals surface area contributed by atoms with E-state index < -0.39 is 5.97 Å². The number of carboxylic acid groups (broad SMARTS) is 1. The second-order valence-corrected chi connectivity index (χ2v) is 7.74. The summed E-state index contributed by atoms with van der Waals surface area (Å²) >= 11 is 0. The van der Waals surface area contributed by atoms with Gasteiger partial charge in [0.15, 0.2) is 0 Å². The van der Waals surface area contributed by atoms with Crippen LogP contribution in [-0.4, -0.2) is 17.3 Å². The van der Waals surface area contributed by atoms with Gasteiger partial charge >= 0.3 is 5.97 Å². The Bertz CT molecular complexity index is 1000. The molecular weight excluding hydrogens is 346 g/mol. The summed E-state index contributed by atoms with van der Waals surface area (Å²) in [4.78, 5) is 15.9. The first-order valence-corrected chi connectivity index (χ1v) is 9.96. The third-order valence-electron chi connectivity index (χ3n) is 5.90. The zero-order valence-corrected chi connectivity index (χ0v) is 16.1. The predicted octanol–water partition coefficient (Wildman–Crippen LogP) is 6.25. The smallest absolute Gasteiger partial charge is 0.335 e. The Hall–Kier alpha value is -2.94. The van der Waals surface area contributed by atoms with E-state index in [-0.39, 0.29) is 6.04 Å². The highest BCUT2D eigenvalue weighted by atomic mass is 16.4. The Morgan fingerprint density at radius 3 is 2.57 bits per heavy atom. The van der Waals surface area contributed by atoms with Gasteiger partial charge in [0.25, 0.3) is 0 Å². The average molecular weight is 371 g/mol. The number of fused-ring (bicyclic) bond motifs is 1. The molecule has 0 amide bonds. The minimum atomic E-state index is -0.870. The van der Waals surface area contributed by atoms with E-state index in [4.69, 9.17) is 10.1 Å². The van der Waals surface area contributed by atoms with Crippen LogP contribution in [-0.2, 0) is 0 Å². The lowest BCUT2D eigenvalue weighted by molar-refractivity contribution is 0.0697. The molecule has 3 aromatic carbocycles. The molecule has 0 saturated heterocycles. The quantitative estimate of drug-likeness (QED) is 0.539. The fourth-order valence-electron chi connectivity index (χ4n) is 4.30. The third kappa shape index (κ3) is 3.84. The molecule has 1 unspecified atom stereocenters. The van der Waals surface area contributed by atoms with Gasteiger partial charge in [-0.3, -0.25) is 4.99 Å². The number of hydrogen-bond donors (Lipinski definition) is 1. The highest BCUT2D eigenvalue weighted by molar-refractivity contribution is 5.87. The topological polar surface area (TPSA) is 49.7 Å². The summed E-state index contributed by atoms with van der Waals surface area (Å²) < 4.78 is 0. The van der Waals surface area contributed by atoms with Crippen LogP contribution < -0.4 is 0 Å². The van der Waals surface area contributed by atoms with Gasteiger partial charge in [-0.1, -0.05) is 54.6 Å². The van der Waals surface area contributed by atoms with Crippen LogP contribution in [0.2, 0.25) is 0 Å². The second-order valence-electron chi connectivity index (χ2n) is 7.74. The van der Waals surface area contributed by atoms with E-state index in [0.29, 0.717) is 17.4 Å². The number of benzene rings is 3. The number of carbonyl (C=O) groups is 1. The Labute approximate surface area is 165 Å². The number of aliphatic imine (C=N–C) groups is 1. The first-order valence-electron chi connectivity index (χ1n) is 9.96. The molecular formula is C25H25NO2. The number of rotatable bonds is 5. The minimum absolute atomic E-state index is 0.139. The van der Waals surface area contributed by atoms with Gasteiger partial charge in [0.2, 0.25) is 0 Å².